The summed E-state index contributed by atoms with van der Waals surface area (Å²) in [6.45, 7) is 0. The highest BCUT2D eigenvalue weighted by atomic mass is 19.4. The summed E-state index contributed by atoms with van der Waals surface area (Å²) in [5.41, 5.74) is 4.10. The van der Waals surface area contributed by atoms with Crippen molar-refractivity contribution in [1.29, 1.82) is 21.0 Å². The summed E-state index contributed by atoms with van der Waals surface area (Å²) in [7, 11) is 0. The largest absolute Gasteiger partial charge is 0.417 e. The third-order valence-corrected chi connectivity index (χ3v) is 23.3. The highest BCUT2D eigenvalue weighted by Crippen LogP contribution is 2.50. The van der Waals surface area contributed by atoms with Crippen LogP contribution in [0.1, 0.15) is 33.4 Å². The number of hydrogen-bond acceptors (Lipinski definition) is 16. The van der Waals surface area contributed by atoms with Crippen molar-refractivity contribution in [2.24, 2.45) is 9.98 Å². The van der Waals surface area contributed by atoms with E-state index >= 15 is 26.3 Å². The van der Waals surface area contributed by atoms with Crippen molar-refractivity contribution in [3.05, 3.63) is 354 Å². The Balaban J connectivity index is 0.725. The van der Waals surface area contributed by atoms with Crippen LogP contribution in [0.3, 0.4) is 0 Å². The number of allylic oxidation sites excluding steroid dienone is 2. The lowest BCUT2D eigenvalue weighted by molar-refractivity contribution is -0.137. The maximum atomic E-state index is 16.3. The van der Waals surface area contributed by atoms with Crippen LogP contribution in [-0.4, -0.2) is 70.6 Å². The number of nitrogens with one attached hydrogen (secondary N) is 1. The van der Waals surface area contributed by atoms with Gasteiger partial charge < -0.3 is 23.6 Å². The van der Waals surface area contributed by atoms with Crippen LogP contribution in [0.15, 0.2) is 321 Å². The van der Waals surface area contributed by atoms with Gasteiger partial charge in [-0.2, -0.15) is 47.4 Å². The van der Waals surface area contributed by atoms with Crippen molar-refractivity contribution in [2.75, 3.05) is 4.90 Å². The monoisotopic (exact) mass is 1670 g/mol. The fourth-order valence-electron chi connectivity index (χ4n) is 17.9. The van der Waals surface area contributed by atoms with Crippen LogP contribution in [0.5, 0.6) is 0 Å². The molecule has 128 heavy (non-hydrogen) atoms. The molecule has 0 aliphatic carbocycles. The minimum absolute atomic E-state index is 0.0158. The van der Waals surface area contributed by atoms with Crippen LogP contribution in [0.25, 0.3) is 189 Å². The number of anilines is 1. The van der Waals surface area contributed by atoms with Crippen molar-refractivity contribution in [1.82, 2.24) is 63.5 Å². The lowest BCUT2D eigenvalue weighted by Crippen LogP contribution is -2.24. The molecule has 0 saturated carbocycles. The van der Waals surface area contributed by atoms with E-state index in [0.717, 1.165) is 28.5 Å². The molecule has 0 spiro atoms. The van der Waals surface area contributed by atoms with Gasteiger partial charge >= 0.3 is 12.4 Å². The molecule has 0 bridgehead atoms. The molecule has 0 saturated heterocycles. The van der Waals surface area contributed by atoms with Gasteiger partial charge in [0.1, 0.15) is 29.6 Å². The summed E-state index contributed by atoms with van der Waals surface area (Å²) in [6.07, 6.45) is 11.6. The zero-order valence-corrected chi connectivity index (χ0v) is 66.4. The SMILES string of the molecule is N#Cc1cc(-n2c3ccccc3c3cc(-c4nccc(N5C=CC=NC5=c5ccc6c7ccc(=C8N=CC=CN8)cc7n(-c7cc(-c8c(C#N)cccc8C(F)(F)F)c(-n8c9cc(-c%10ncccn%10)ccc9c9ccc(-c%10ncccn%10)cc98)cc7C#N)c6c5)n4)ccc32)c(-c2c(C#N)cccc2C(F)(F)F)cc1-n1c2ccccc2c2cc(-c3ncccn3)ccc21. The van der Waals surface area contributed by atoms with Gasteiger partial charge in [-0.15, -0.1) is 0 Å². The molecule has 2 aliphatic rings. The quantitative estimate of drug-likeness (QED) is 0.118. The van der Waals surface area contributed by atoms with Crippen molar-refractivity contribution in [3.63, 3.8) is 0 Å². The number of nitrogens with zero attached hydrogens (tertiary/aromatic N) is 19. The smallest absolute Gasteiger partial charge is 0.346 e. The summed E-state index contributed by atoms with van der Waals surface area (Å²) in [5, 5.41) is 55.6. The Morgan fingerprint density at radius 3 is 1.21 bits per heavy atom. The highest BCUT2D eigenvalue weighted by Gasteiger charge is 2.39. The first kappa shape index (κ1) is 76.0. The van der Waals surface area contributed by atoms with E-state index in [1.807, 2.05) is 170 Å². The molecule has 0 radical (unpaired) electrons. The molecule has 8 aromatic heterocycles. The molecule has 20 nitrogen and oxygen atoms in total. The zero-order valence-electron chi connectivity index (χ0n) is 66.4. The molecular weight excluding hydrogens is 1620 g/mol. The average molecular weight is 1670 g/mol. The molecule has 0 fully saturated rings. The number of aromatic nitrogens is 12. The molecule has 12 aromatic carbocycles. The summed E-state index contributed by atoms with van der Waals surface area (Å²) in [6, 6.07) is 78.0. The molecule has 2 aliphatic heterocycles. The van der Waals surface area contributed by atoms with Gasteiger partial charge in [0.15, 0.2) is 23.3 Å². The Hall–Kier alpha value is -18.1. The van der Waals surface area contributed by atoms with E-state index < -0.39 is 29.0 Å². The van der Waals surface area contributed by atoms with Crippen LogP contribution < -0.4 is 20.7 Å². The van der Waals surface area contributed by atoms with Gasteiger partial charge in [0.2, 0.25) is 0 Å². The maximum Gasteiger partial charge on any atom is 0.417 e. The molecule has 0 unspecified atom stereocenters. The Kier molecular flexibility index (Phi) is 17.7. The second kappa shape index (κ2) is 29.9. The highest BCUT2D eigenvalue weighted by molar-refractivity contribution is 6.15. The number of alkyl halides is 6. The zero-order chi connectivity index (χ0) is 86.8. The minimum atomic E-state index is -5.03. The van der Waals surface area contributed by atoms with Crippen LogP contribution in [0.4, 0.5) is 32.2 Å². The van der Waals surface area contributed by atoms with Crippen LogP contribution in [-0.2, 0) is 12.4 Å². The van der Waals surface area contributed by atoms with Crippen LogP contribution in [0, 0.1) is 45.3 Å². The second-order valence-corrected chi connectivity index (χ2v) is 30.3. The first-order valence-corrected chi connectivity index (χ1v) is 40.1. The minimum Gasteiger partial charge on any atom is -0.346 e. The van der Waals surface area contributed by atoms with E-state index in [1.165, 1.54) is 24.3 Å². The number of aliphatic imine (C=N–C) groups is 2. The predicted molar refractivity (Wildman–Crippen MR) is 481 cm³/mol. The number of benzene rings is 12. The molecule has 26 heteroatoms. The van der Waals surface area contributed by atoms with Crippen molar-refractivity contribution in [2.45, 2.75) is 12.4 Å². The topological polar surface area (TPSA) is 258 Å². The third-order valence-electron chi connectivity index (χ3n) is 23.3. The summed E-state index contributed by atoms with van der Waals surface area (Å²) in [5.74, 6) is 2.70. The van der Waals surface area contributed by atoms with Crippen molar-refractivity contribution < 1.29 is 26.3 Å². The van der Waals surface area contributed by atoms with E-state index in [0.29, 0.717) is 139 Å². The number of halogens is 6. The molecule has 22 rings (SSSR count). The van der Waals surface area contributed by atoms with E-state index in [2.05, 4.69) is 64.5 Å². The van der Waals surface area contributed by atoms with Crippen LogP contribution >= 0.6 is 0 Å². The lowest BCUT2D eigenvalue weighted by atomic mass is 9.91. The van der Waals surface area contributed by atoms with Gasteiger partial charge in [0.05, 0.1) is 112 Å². The number of hydrogen-bond donors (Lipinski definition) is 1. The number of fused-ring (bicyclic) bond motifs is 12. The fourth-order valence-corrected chi connectivity index (χ4v) is 17.9. The Morgan fingerprint density at radius 2 is 0.719 bits per heavy atom. The van der Waals surface area contributed by atoms with E-state index in [4.69, 9.17) is 15.0 Å². The number of rotatable bonds is 11. The maximum absolute atomic E-state index is 16.3. The second-order valence-electron chi connectivity index (χ2n) is 30.3. The van der Waals surface area contributed by atoms with Gasteiger partial charge in [-0.25, -0.2) is 49.9 Å². The Morgan fingerprint density at radius 1 is 0.312 bits per heavy atom. The fraction of sp³-hybridized carbons (Fsp3) is 0.0196. The van der Waals surface area contributed by atoms with Crippen molar-refractivity contribution >= 4 is 117 Å². The number of para-hydroxylation sites is 2. The van der Waals surface area contributed by atoms with Crippen LogP contribution in [0.2, 0.25) is 0 Å². The first-order chi connectivity index (χ1) is 62.6. The summed E-state index contributed by atoms with van der Waals surface area (Å²) >= 11 is 0. The van der Waals surface area contributed by atoms with E-state index in [1.54, 1.807) is 140 Å². The predicted octanol–water partition coefficient (Wildman–Crippen LogP) is 21.2. The Labute approximate surface area is 720 Å². The van der Waals surface area contributed by atoms with Crippen molar-refractivity contribution in [3.8, 4) is 115 Å². The first-order valence-electron chi connectivity index (χ1n) is 40.1. The summed E-state index contributed by atoms with van der Waals surface area (Å²) < 4.78 is 104. The molecule has 0 atom stereocenters. The normalized spacial score (nSPS) is 13.6. The summed E-state index contributed by atoms with van der Waals surface area (Å²) in [4.78, 5) is 48.8. The Bertz CT molecular complexity index is 8550. The average Bonchev–Trinajstić information content (AvgIpc) is 1.55. The number of nitriles is 4. The van der Waals surface area contributed by atoms with Gasteiger partial charge in [0.25, 0.3) is 0 Å². The van der Waals surface area contributed by atoms with Gasteiger partial charge in [-0.05, 0) is 158 Å². The molecule has 0 amide bonds. The van der Waals surface area contributed by atoms with Gasteiger partial charge in [-0.1, -0.05) is 97.1 Å². The van der Waals surface area contributed by atoms with Gasteiger partial charge in [-0.3, -0.25) is 4.90 Å². The van der Waals surface area contributed by atoms with Gasteiger partial charge in [0, 0.05) is 166 Å². The van der Waals surface area contributed by atoms with E-state index in [9.17, 15) is 21.0 Å². The lowest BCUT2D eigenvalue weighted by Gasteiger charge is -2.23. The third kappa shape index (κ3) is 12.4. The standard InChI is InChI=1S/C102H54F6N20/c103-101(104,105)78-16-5-12-64(54-109)93(78)76-52-84(125-80-18-3-1-14-68(80)74-44-58(24-30-82(74)125)95-113-33-7-34-114-95)66(56-111)50-90(76)126-81-19-4-2-15-69(81)75-45-59(25-31-83(75)126)99-121-42-32-92(123-99)124-43-11-41-122-100(124)63-23-29-73-70-26-20-60(96-115-35-8-36-116-96)46-86(70)127(89(73)49-63)85-53-77(94-65(55-110)13-6-17-79(94)102(106,107)108)91(51-67(85)57-112)128-87-47-61(97-117-37-9-38-118-97)21-27-71(87)72-28-22-62(48-88(72)128)98-119-39-10-40-120-98/h1-53,115H. The molecule has 20 aromatic rings. The molecular formula is C102H54F6N20. The van der Waals surface area contributed by atoms with E-state index in [-0.39, 0.29) is 67.5 Å². The molecule has 604 valence electrons. The molecule has 1 N–H and O–H groups in total. The molecule has 10 heterocycles.